The number of nitrogens with zero attached hydrogens (tertiary/aromatic N) is 1. The average Bonchev–Trinajstić information content (AvgIpc) is 2.26. The minimum atomic E-state index is 0.125. The van der Waals surface area contributed by atoms with Crippen molar-refractivity contribution < 1.29 is 4.74 Å². The van der Waals surface area contributed by atoms with Crippen LogP contribution in [0, 0.1) is 6.54 Å². The van der Waals surface area contributed by atoms with E-state index in [-0.39, 0.29) is 6.23 Å². The molecule has 1 radical (unpaired) electrons. The Balaban J connectivity index is 2.34. The van der Waals surface area contributed by atoms with Crippen LogP contribution in [-0.4, -0.2) is 18.2 Å². The van der Waals surface area contributed by atoms with Gasteiger partial charge in [0.1, 0.15) is 6.23 Å². The first-order valence-electron chi connectivity index (χ1n) is 4.91. The molecule has 1 aromatic carbocycles. The topological polar surface area (TPSA) is 12.5 Å². The monoisotopic (exact) mass is 192 g/mol. The number of benzene rings is 1. The van der Waals surface area contributed by atoms with Crippen LogP contribution in [0.1, 0.15) is 19.4 Å². The first-order chi connectivity index (χ1) is 6.74. The van der Waals surface area contributed by atoms with Crippen molar-refractivity contribution in [3.63, 3.8) is 0 Å². The van der Waals surface area contributed by atoms with Gasteiger partial charge in [0.2, 0.25) is 0 Å². The van der Waals surface area contributed by atoms with Gasteiger partial charge in [-0.3, -0.25) is 4.90 Å². The van der Waals surface area contributed by atoms with Crippen LogP contribution in [0.3, 0.4) is 0 Å². The van der Waals surface area contributed by atoms with E-state index in [2.05, 4.69) is 12.1 Å². The van der Waals surface area contributed by atoms with Gasteiger partial charge in [-0.15, -0.1) is 0 Å². The number of hydrogen-bond acceptors (Lipinski definition) is 2. The highest BCUT2D eigenvalue weighted by molar-refractivity contribution is 5.13. The molecular weight excluding hydrogens is 174 g/mol. The number of rotatable bonds is 5. The molecule has 0 bridgehead atoms. The molecular formula is C12H18NO. The Labute approximate surface area is 86.5 Å². The van der Waals surface area contributed by atoms with Crippen molar-refractivity contribution in [2.45, 2.75) is 26.7 Å². The van der Waals surface area contributed by atoms with Crippen molar-refractivity contribution >= 4 is 0 Å². The van der Waals surface area contributed by atoms with E-state index in [1.54, 1.807) is 0 Å². The van der Waals surface area contributed by atoms with Gasteiger partial charge < -0.3 is 4.74 Å². The molecule has 0 aliphatic rings. The Bertz CT molecular complexity index is 248. The van der Waals surface area contributed by atoms with Gasteiger partial charge in [-0.2, -0.15) is 0 Å². The third kappa shape index (κ3) is 3.48. The maximum atomic E-state index is 5.68. The van der Waals surface area contributed by atoms with E-state index in [1.807, 2.05) is 50.5 Å². The van der Waals surface area contributed by atoms with Crippen LogP contribution >= 0.6 is 0 Å². The van der Waals surface area contributed by atoms with Crippen molar-refractivity contribution in [1.29, 1.82) is 0 Å². The van der Waals surface area contributed by atoms with Gasteiger partial charge in [0.05, 0.1) is 6.61 Å². The Kier molecular flexibility index (Phi) is 4.63. The quantitative estimate of drug-likeness (QED) is 0.665. The summed E-state index contributed by atoms with van der Waals surface area (Å²) in [5.41, 5.74) is 1.21. The second kappa shape index (κ2) is 5.78. The van der Waals surface area contributed by atoms with Crippen LogP contribution in [0.5, 0.6) is 0 Å². The zero-order valence-corrected chi connectivity index (χ0v) is 9.10. The van der Waals surface area contributed by atoms with Crippen LogP contribution in [0.15, 0.2) is 30.3 Å². The lowest BCUT2D eigenvalue weighted by molar-refractivity contribution is -0.0310. The molecule has 1 aromatic rings. The van der Waals surface area contributed by atoms with E-state index >= 15 is 0 Å². The third-order valence-electron chi connectivity index (χ3n) is 2.31. The highest BCUT2D eigenvalue weighted by Gasteiger charge is 2.06. The van der Waals surface area contributed by atoms with Crippen LogP contribution in [0.4, 0.5) is 0 Å². The fraction of sp³-hybridized carbons (Fsp3) is 0.417. The van der Waals surface area contributed by atoms with Crippen LogP contribution in [0.2, 0.25) is 0 Å². The van der Waals surface area contributed by atoms with Gasteiger partial charge in [0.15, 0.2) is 0 Å². The fourth-order valence-corrected chi connectivity index (χ4v) is 1.12. The minimum absolute atomic E-state index is 0.125. The molecule has 1 rings (SSSR count). The lowest BCUT2D eigenvalue weighted by Crippen LogP contribution is -2.28. The largest absolute Gasteiger partial charge is 0.359 e. The van der Waals surface area contributed by atoms with Crippen LogP contribution in [-0.2, 0) is 11.3 Å². The van der Waals surface area contributed by atoms with E-state index in [0.717, 1.165) is 0 Å². The van der Waals surface area contributed by atoms with E-state index in [4.69, 9.17) is 4.74 Å². The first-order valence-corrected chi connectivity index (χ1v) is 4.91. The van der Waals surface area contributed by atoms with E-state index in [1.165, 1.54) is 5.56 Å². The van der Waals surface area contributed by atoms with Crippen molar-refractivity contribution in [3.8, 4) is 0 Å². The predicted molar refractivity (Wildman–Crippen MR) is 58.4 cm³/mol. The second-order valence-corrected chi connectivity index (χ2v) is 3.32. The summed E-state index contributed by atoms with van der Waals surface area (Å²) in [4.78, 5) is 2.04. The van der Waals surface area contributed by atoms with Crippen LogP contribution in [0.25, 0.3) is 0 Å². The maximum absolute atomic E-state index is 5.68. The Morgan fingerprint density at radius 1 is 1.36 bits per heavy atom. The molecule has 2 heteroatoms. The molecule has 0 saturated carbocycles. The molecule has 1 unspecified atom stereocenters. The minimum Gasteiger partial charge on any atom is -0.359 e. The fourth-order valence-electron chi connectivity index (χ4n) is 1.12. The summed E-state index contributed by atoms with van der Waals surface area (Å²) < 4.78 is 5.68. The highest BCUT2D eigenvalue weighted by atomic mass is 16.5. The first kappa shape index (κ1) is 11.2. The highest BCUT2D eigenvalue weighted by Crippen LogP contribution is 2.05. The summed E-state index contributed by atoms with van der Waals surface area (Å²) >= 11 is 0. The molecule has 14 heavy (non-hydrogen) atoms. The van der Waals surface area contributed by atoms with Gasteiger partial charge in [-0.25, -0.2) is 0 Å². The van der Waals surface area contributed by atoms with Gasteiger partial charge in [0.25, 0.3) is 0 Å². The Morgan fingerprint density at radius 2 is 2.00 bits per heavy atom. The molecule has 0 amide bonds. The molecule has 0 saturated heterocycles. The predicted octanol–water partition coefficient (Wildman–Crippen LogP) is 2.66. The zero-order valence-electron chi connectivity index (χ0n) is 9.10. The number of hydrogen-bond donors (Lipinski definition) is 0. The Hall–Kier alpha value is -0.860. The molecule has 0 N–H and O–H groups in total. The lowest BCUT2D eigenvalue weighted by atomic mass is 10.2. The SMILES string of the molecule is C[CH]N(C)C(C)OCc1ccccc1. The summed E-state index contributed by atoms with van der Waals surface area (Å²) in [5.74, 6) is 0. The lowest BCUT2D eigenvalue weighted by Gasteiger charge is -2.22. The van der Waals surface area contributed by atoms with Crippen molar-refractivity contribution in [3.05, 3.63) is 42.4 Å². The molecule has 77 valence electrons. The summed E-state index contributed by atoms with van der Waals surface area (Å²) in [5, 5.41) is 0. The van der Waals surface area contributed by atoms with E-state index < -0.39 is 0 Å². The normalized spacial score (nSPS) is 13.1. The smallest absolute Gasteiger partial charge is 0.108 e. The molecule has 2 nitrogen and oxygen atoms in total. The van der Waals surface area contributed by atoms with Gasteiger partial charge in [0, 0.05) is 6.54 Å². The summed E-state index contributed by atoms with van der Waals surface area (Å²) in [6.07, 6.45) is 0.125. The summed E-state index contributed by atoms with van der Waals surface area (Å²) in [7, 11) is 2.01. The Morgan fingerprint density at radius 3 is 2.57 bits per heavy atom. The van der Waals surface area contributed by atoms with Crippen molar-refractivity contribution in [1.82, 2.24) is 4.90 Å². The summed E-state index contributed by atoms with van der Waals surface area (Å²) in [6.45, 7) is 6.72. The molecule has 0 spiro atoms. The molecule has 0 aliphatic heterocycles. The standard InChI is InChI=1S/C12H18NO/c1-4-13(3)11(2)14-10-12-8-6-5-7-9-12/h4-9,11H,10H2,1-3H3. The molecule has 0 heterocycles. The summed E-state index contributed by atoms with van der Waals surface area (Å²) in [6, 6.07) is 10.2. The van der Waals surface area contributed by atoms with Crippen LogP contribution < -0.4 is 0 Å². The molecule has 0 aliphatic carbocycles. The second-order valence-electron chi connectivity index (χ2n) is 3.32. The van der Waals surface area contributed by atoms with E-state index in [9.17, 15) is 0 Å². The maximum Gasteiger partial charge on any atom is 0.108 e. The van der Waals surface area contributed by atoms with Gasteiger partial charge >= 0.3 is 0 Å². The van der Waals surface area contributed by atoms with Crippen molar-refractivity contribution in [2.24, 2.45) is 0 Å². The molecule has 0 fully saturated rings. The van der Waals surface area contributed by atoms with Gasteiger partial charge in [-0.1, -0.05) is 30.3 Å². The van der Waals surface area contributed by atoms with Crippen molar-refractivity contribution in [2.75, 3.05) is 7.05 Å². The molecule has 1 atom stereocenters. The zero-order chi connectivity index (χ0) is 10.4. The van der Waals surface area contributed by atoms with E-state index in [0.29, 0.717) is 6.61 Å². The van der Waals surface area contributed by atoms with Gasteiger partial charge in [-0.05, 0) is 26.5 Å². The molecule has 0 aromatic heterocycles. The number of ether oxygens (including phenoxy) is 1. The third-order valence-corrected chi connectivity index (χ3v) is 2.31. The average molecular weight is 192 g/mol.